The van der Waals surface area contributed by atoms with Crippen molar-refractivity contribution in [1.82, 2.24) is 5.32 Å². The van der Waals surface area contributed by atoms with Crippen molar-refractivity contribution in [3.8, 4) is 11.5 Å². The smallest absolute Gasteiger partial charge is 0.131 e. The SMILES string of the molecule is Cc1ccc(Oc2ccccc2CNC(C)(C)C)cc1. The predicted octanol–water partition coefficient (Wildman–Crippen LogP) is 4.68. The zero-order valence-electron chi connectivity index (χ0n) is 12.7. The summed E-state index contributed by atoms with van der Waals surface area (Å²) in [6.07, 6.45) is 0. The van der Waals surface area contributed by atoms with Crippen LogP contribution in [0.4, 0.5) is 0 Å². The lowest BCUT2D eigenvalue weighted by atomic mass is 10.1. The maximum atomic E-state index is 5.99. The number of benzene rings is 2. The molecular formula is C18H23NO. The van der Waals surface area contributed by atoms with Gasteiger partial charge in [-0.25, -0.2) is 0 Å². The Morgan fingerprint density at radius 3 is 2.25 bits per heavy atom. The molecule has 0 aromatic heterocycles. The Labute approximate surface area is 121 Å². The van der Waals surface area contributed by atoms with E-state index in [9.17, 15) is 0 Å². The molecule has 2 nitrogen and oxygen atoms in total. The number of nitrogens with one attached hydrogen (secondary N) is 1. The Bertz CT molecular complexity index is 552. The van der Waals surface area contributed by atoms with Crippen molar-refractivity contribution in [2.45, 2.75) is 39.8 Å². The van der Waals surface area contributed by atoms with Gasteiger partial charge in [0, 0.05) is 17.6 Å². The second-order valence-electron chi connectivity index (χ2n) is 6.13. The quantitative estimate of drug-likeness (QED) is 0.870. The first-order valence-electron chi connectivity index (χ1n) is 7.01. The zero-order chi connectivity index (χ0) is 14.6. The molecule has 106 valence electrons. The molecule has 0 unspecified atom stereocenters. The molecule has 0 saturated heterocycles. The first kappa shape index (κ1) is 14.6. The van der Waals surface area contributed by atoms with Gasteiger partial charge >= 0.3 is 0 Å². The van der Waals surface area contributed by atoms with Gasteiger partial charge in [-0.2, -0.15) is 0 Å². The molecule has 0 aliphatic heterocycles. The summed E-state index contributed by atoms with van der Waals surface area (Å²) in [5.74, 6) is 1.78. The first-order chi connectivity index (χ1) is 9.44. The molecule has 2 heteroatoms. The van der Waals surface area contributed by atoms with Crippen LogP contribution >= 0.6 is 0 Å². The fourth-order valence-corrected chi connectivity index (χ4v) is 1.84. The number of para-hydroxylation sites is 1. The normalized spacial score (nSPS) is 11.4. The van der Waals surface area contributed by atoms with Crippen LogP contribution in [0, 0.1) is 6.92 Å². The van der Waals surface area contributed by atoms with Crippen LogP contribution in [0.3, 0.4) is 0 Å². The fraction of sp³-hybridized carbons (Fsp3) is 0.333. The average Bonchev–Trinajstić information content (AvgIpc) is 2.39. The largest absolute Gasteiger partial charge is 0.457 e. The highest BCUT2D eigenvalue weighted by atomic mass is 16.5. The standard InChI is InChI=1S/C18H23NO/c1-14-9-11-16(12-10-14)20-17-8-6-5-7-15(17)13-19-18(2,3)4/h5-12,19H,13H2,1-4H3. The molecule has 0 atom stereocenters. The molecule has 0 aliphatic rings. The summed E-state index contributed by atoms with van der Waals surface area (Å²) in [7, 11) is 0. The number of ether oxygens (including phenoxy) is 1. The van der Waals surface area contributed by atoms with Crippen molar-refractivity contribution in [1.29, 1.82) is 0 Å². The summed E-state index contributed by atoms with van der Waals surface area (Å²) in [6.45, 7) is 9.36. The lowest BCUT2D eigenvalue weighted by Gasteiger charge is -2.21. The van der Waals surface area contributed by atoms with Gasteiger partial charge < -0.3 is 10.1 Å². The van der Waals surface area contributed by atoms with Crippen molar-refractivity contribution >= 4 is 0 Å². The van der Waals surface area contributed by atoms with Crippen LogP contribution in [-0.4, -0.2) is 5.54 Å². The molecular weight excluding hydrogens is 246 g/mol. The number of hydrogen-bond acceptors (Lipinski definition) is 2. The van der Waals surface area contributed by atoms with Gasteiger partial charge in [0.2, 0.25) is 0 Å². The predicted molar refractivity (Wildman–Crippen MR) is 84.3 cm³/mol. The summed E-state index contributed by atoms with van der Waals surface area (Å²) in [4.78, 5) is 0. The van der Waals surface area contributed by atoms with E-state index < -0.39 is 0 Å². The van der Waals surface area contributed by atoms with E-state index in [1.54, 1.807) is 0 Å². The van der Waals surface area contributed by atoms with Crippen molar-refractivity contribution in [2.24, 2.45) is 0 Å². The lowest BCUT2D eigenvalue weighted by Crippen LogP contribution is -2.35. The van der Waals surface area contributed by atoms with Crippen molar-refractivity contribution in [2.75, 3.05) is 0 Å². The molecule has 2 rings (SSSR count). The fourth-order valence-electron chi connectivity index (χ4n) is 1.84. The van der Waals surface area contributed by atoms with Crippen LogP contribution in [0.2, 0.25) is 0 Å². The minimum Gasteiger partial charge on any atom is -0.457 e. The van der Waals surface area contributed by atoms with Gasteiger partial charge in [0.05, 0.1) is 0 Å². The highest BCUT2D eigenvalue weighted by molar-refractivity contribution is 5.38. The van der Waals surface area contributed by atoms with E-state index in [1.165, 1.54) is 11.1 Å². The van der Waals surface area contributed by atoms with E-state index in [-0.39, 0.29) is 5.54 Å². The van der Waals surface area contributed by atoms with Crippen LogP contribution in [-0.2, 0) is 6.54 Å². The zero-order valence-corrected chi connectivity index (χ0v) is 12.7. The number of aryl methyl sites for hydroxylation is 1. The van der Waals surface area contributed by atoms with Gasteiger partial charge in [0.25, 0.3) is 0 Å². The van der Waals surface area contributed by atoms with Gasteiger partial charge in [-0.1, -0.05) is 35.9 Å². The molecule has 20 heavy (non-hydrogen) atoms. The maximum Gasteiger partial charge on any atom is 0.131 e. The molecule has 0 radical (unpaired) electrons. The van der Waals surface area contributed by atoms with Crippen molar-refractivity contribution < 1.29 is 4.74 Å². The molecule has 0 heterocycles. The van der Waals surface area contributed by atoms with E-state index in [0.29, 0.717) is 0 Å². The molecule has 0 aliphatic carbocycles. The van der Waals surface area contributed by atoms with Gasteiger partial charge in [0.15, 0.2) is 0 Å². The molecule has 0 spiro atoms. The molecule has 0 fully saturated rings. The number of rotatable bonds is 4. The Hall–Kier alpha value is -1.80. The molecule has 2 aromatic carbocycles. The van der Waals surface area contributed by atoms with E-state index in [2.05, 4.69) is 51.2 Å². The van der Waals surface area contributed by atoms with Gasteiger partial charge in [-0.05, 0) is 45.9 Å². The van der Waals surface area contributed by atoms with Crippen LogP contribution in [0.25, 0.3) is 0 Å². The van der Waals surface area contributed by atoms with Gasteiger partial charge in [-0.15, -0.1) is 0 Å². The summed E-state index contributed by atoms with van der Waals surface area (Å²) in [6, 6.07) is 16.3. The second kappa shape index (κ2) is 6.10. The number of hydrogen-bond donors (Lipinski definition) is 1. The molecule has 0 bridgehead atoms. The highest BCUT2D eigenvalue weighted by Crippen LogP contribution is 2.25. The molecule has 2 aromatic rings. The third kappa shape index (κ3) is 4.39. The summed E-state index contributed by atoms with van der Waals surface area (Å²) in [5.41, 5.74) is 2.50. The molecule has 1 N–H and O–H groups in total. The van der Waals surface area contributed by atoms with Gasteiger partial charge in [-0.3, -0.25) is 0 Å². The lowest BCUT2D eigenvalue weighted by molar-refractivity contribution is 0.414. The topological polar surface area (TPSA) is 21.3 Å². The average molecular weight is 269 g/mol. The molecule has 0 amide bonds. The van der Waals surface area contributed by atoms with E-state index >= 15 is 0 Å². The first-order valence-corrected chi connectivity index (χ1v) is 7.01. The minimum atomic E-state index is 0.0942. The third-order valence-electron chi connectivity index (χ3n) is 3.03. The van der Waals surface area contributed by atoms with E-state index in [1.807, 2.05) is 30.3 Å². The third-order valence-corrected chi connectivity index (χ3v) is 3.03. The van der Waals surface area contributed by atoms with E-state index in [4.69, 9.17) is 4.74 Å². The van der Waals surface area contributed by atoms with Gasteiger partial charge in [0.1, 0.15) is 11.5 Å². The monoisotopic (exact) mass is 269 g/mol. The summed E-state index contributed by atoms with van der Waals surface area (Å²) in [5, 5.41) is 3.49. The van der Waals surface area contributed by atoms with Crippen LogP contribution in [0.5, 0.6) is 11.5 Å². The van der Waals surface area contributed by atoms with Crippen LogP contribution < -0.4 is 10.1 Å². The van der Waals surface area contributed by atoms with Crippen molar-refractivity contribution in [3.05, 3.63) is 59.7 Å². The Kier molecular flexibility index (Phi) is 4.46. The van der Waals surface area contributed by atoms with Crippen LogP contribution in [0.15, 0.2) is 48.5 Å². The highest BCUT2D eigenvalue weighted by Gasteiger charge is 2.11. The van der Waals surface area contributed by atoms with Crippen molar-refractivity contribution in [3.63, 3.8) is 0 Å². The summed E-state index contributed by atoms with van der Waals surface area (Å²) < 4.78 is 5.99. The Morgan fingerprint density at radius 2 is 1.60 bits per heavy atom. The van der Waals surface area contributed by atoms with E-state index in [0.717, 1.165) is 18.0 Å². The maximum absolute atomic E-state index is 5.99. The molecule has 0 saturated carbocycles. The Morgan fingerprint density at radius 1 is 0.950 bits per heavy atom. The van der Waals surface area contributed by atoms with Crippen LogP contribution in [0.1, 0.15) is 31.9 Å². The Balaban J connectivity index is 2.13. The second-order valence-corrected chi connectivity index (χ2v) is 6.13. The minimum absolute atomic E-state index is 0.0942. The summed E-state index contributed by atoms with van der Waals surface area (Å²) >= 11 is 0.